The normalized spacial score (nSPS) is 18.0. The van der Waals surface area contributed by atoms with Gasteiger partial charge in [-0.2, -0.15) is 5.10 Å². The van der Waals surface area contributed by atoms with Crippen molar-refractivity contribution in [2.75, 3.05) is 18.4 Å². The first-order valence-corrected chi connectivity index (χ1v) is 8.23. The predicted molar refractivity (Wildman–Crippen MR) is 88.6 cm³/mol. The maximum Gasteiger partial charge on any atom is 0.289 e. The number of furan rings is 1. The van der Waals surface area contributed by atoms with E-state index in [1.165, 1.54) is 6.26 Å². The fourth-order valence-corrected chi connectivity index (χ4v) is 2.98. The van der Waals surface area contributed by atoms with Crippen LogP contribution >= 0.6 is 0 Å². The summed E-state index contributed by atoms with van der Waals surface area (Å²) in [6, 6.07) is 5.28. The first-order valence-electron chi connectivity index (χ1n) is 8.23. The molecule has 1 fully saturated rings. The fourth-order valence-electron chi connectivity index (χ4n) is 2.98. The van der Waals surface area contributed by atoms with E-state index in [2.05, 4.69) is 10.4 Å². The number of rotatable bonds is 4. The van der Waals surface area contributed by atoms with Crippen molar-refractivity contribution in [1.82, 2.24) is 14.7 Å². The Hall–Kier alpha value is -2.57. The number of likely N-dealkylation sites (tertiary alicyclic amines) is 1. The summed E-state index contributed by atoms with van der Waals surface area (Å²) in [4.78, 5) is 26.6. The summed E-state index contributed by atoms with van der Waals surface area (Å²) in [6.45, 7) is 5.06. The fraction of sp³-hybridized carbons (Fsp3) is 0.471. The van der Waals surface area contributed by atoms with E-state index in [-0.39, 0.29) is 23.8 Å². The Labute approximate surface area is 140 Å². The molecular formula is C17H22N4O3. The van der Waals surface area contributed by atoms with Crippen molar-refractivity contribution in [3.05, 3.63) is 36.4 Å². The molecule has 0 saturated carbocycles. The standard InChI is InChI=1S/C17H22N4O3/c1-12(2)21-15(7-8-18-21)19-16(22)13-5-3-9-20(11-13)17(23)14-6-4-10-24-14/h4,6-8,10,12-13H,3,5,9,11H2,1-2H3,(H,19,22)/t13-/m0/s1. The van der Waals surface area contributed by atoms with Crippen LogP contribution in [0.3, 0.4) is 0 Å². The van der Waals surface area contributed by atoms with Crippen LogP contribution in [0.4, 0.5) is 5.82 Å². The average Bonchev–Trinajstić information content (AvgIpc) is 3.25. The molecule has 1 saturated heterocycles. The van der Waals surface area contributed by atoms with E-state index in [4.69, 9.17) is 4.42 Å². The molecule has 0 aliphatic carbocycles. The third-order valence-electron chi connectivity index (χ3n) is 4.22. The van der Waals surface area contributed by atoms with Crippen molar-refractivity contribution in [3.8, 4) is 0 Å². The van der Waals surface area contributed by atoms with Crippen LogP contribution in [0.15, 0.2) is 35.1 Å². The summed E-state index contributed by atoms with van der Waals surface area (Å²) < 4.78 is 6.94. The van der Waals surface area contributed by atoms with Crippen molar-refractivity contribution in [2.45, 2.75) is 32.7 Å². The Morgan fingerprint density at radius 2 is 2.21 bits per heavy atom. The third kappa shape index (κ3) is 3.34. The van der Waals surface area contributed by atoms with E-state index in [9.17, 15) is 9.59 Å². The van der Waals surface area contributed by atoms with Gasteiger partial charge in [0.25, 0.3) is 5.91 Å². The zero-order valence-corrected chi connectivity index (χ0v) is 13.9. The van der Waals surface area contributed by atoms with Crippen LogP contribution in [0.5, 0.6) is 0 Å². The summed E-state index contributed by atoms with van der Waals surface area (Å²) in [5.41, 5.74) is 0. The molecule has 2 aromatic heterocycles. The second-order valence-corrected chi connectivity index (χ2v) is 6.31. The minimum atomic E-state index is -0.229. The molecular weight excluding hydrogens is 308 g/mol. The molecule has 128 valence electrons. The highest BCUT2D eigenvalue weighted by atomic mass is 16.3. The largest absolute Gasteiger partial charge is 0.459 e. The van der Waals surface area contributed by atoms with Gasteiger partial charge in [-0.25, -0.2) is 4.68 Å². The molecule has 1 aliphatic heterocycles. The van der Waals surface area contributed by atoms with Crippen LogP contribution in [0.25, 0.3) is 0 Å². The first-order chi connectivity index (χ1) is 11.6. The number of nitrogens with one attached hydrogen (secondary N) is 1. The van der Waals surface area contributed by atoms with E-state index < -0.39 is 0 Å². The number of carbonyl (C=O) groups excluding carboxylic acids is 2. The van der Waals surface area contributed by atoms with E-state index in [1.54, 1.807) is 34.0 Å². The summed E-state index contributed by atoms with van der Waals surface area (Å²) in [7, 11) is 0. The van der Waals surface area contributed by atoms with Gasteiger partial charge in [0, 0.05) is 25.2 Å². The molecule has 2 amide bonds. The molecule has 3 heterocycles. The van der Waals surface area contributed by atoms with Crippen molar-refractivity contribution in [2.24, 2.45) is 5.92 Å². The lowest BCUT2D eigenvalue weighted by molar-refractivity contribution is -0.121. The van der Waals surface area contributed by atoms with Gasteiger partial charge in [0.2, 0.25) is 5.91 Å². The molecule has 3 rings (SSSR count). The number of aromatic nitrogens is 2. The second kappa shape index (κ2) is 6.90. The van der Waals surface area contributed by atoms with Gasteiger partial charge in [0.1, 0.15) is 5.82 Å². The van der Waals surface area contributed by atoms with Gasteiger partial charge in [-0.1, -0.05) is 0 Å². The Morgan fingerprint density at radius 1 is 1.38 bits per heavy atom. The second-order valence-electron chi connectivity index (χ2n) is 6.31. The zero-order chi connectivity index (χ0) is 17.1. The Balaban J connectivity index is 1.65. The number of carbonyl (C=O) groups is 2. The lowest BCUT2D eigenvalue weighted by atomic mass is 9.97. The average molecular weight is 330 g/mol. The number of piperidine rings is 1. The smallest absolute Gasteiger partial charge is 0.289 e. The SMILES string of the molecule is CC(C)n1nccc1NC(=O)[C@H]1CCCN(C(=O)c2ccco2)C1. The van der Waals surface area contributed by atoms with E-state index in [0.29, 0.717) is 24.7 Å². The van der Waals surface area contributed by atoms with Crippen LogP contribution in [0.2, 0.25) is 0 Å². The topological polar surface area (TPSA) is 80.4 Å². The number of hydrogen-bond donors (Lipinski definition) is 1. The molecule has 0 unspecified atom stereocenters. The molecule has 0 radical (unpaired) electrons. The zero-order valence-electron chi connectivity index (χ0n) is 13.9. The molecule has 7 nitrogen and oxygen atoms in total. The molecule has 7 heteroatoms. The molecule has 0 bridgehead atoms. The van der Waals surface area contributed by atoms with Gasteiger partial charge in [-0.15, -0.1) is 0 Å². The highest BCUT2D eigenvalue weighted by Gasteiger charge is 2.30. The lowest BCUT2D eigenvalue weighted by Gasteiger charge is -2.31. The minimum Gasteiger partial charge on any atom is -0.459 e. The van der Waals surface area contributed by atoms with Crippen molar-refractivity contribution in [1.29, 1.82) is 0 Å². The van der Waals surface area contributed by atoms with Gasteiger partial charge >= 0.3 is 0 Å². The van der Waals surface area contributed by atoms with Crippen LogP contribution in [-0.2, 0) is 4.79 Å². The van der Waals surface area contributed by atoms with Crippen LogP contribution in [0.1, 0.15) is 43.3 Å². The van der Waals surface area contributed by atoms with E-state index in [1.807, 2.05) is 13.8 Å². The highest BCUT2D eigenvalue weighted by Crippen LogP contribution is 2.21. The molecule has 1 atom stereocenters. The maximum atomic E-state index is 12.6. The predicted octanol–water partition coefficient (Wildman–Crippen LogP) is 2.55. The number of hydrogen-bond acceptors (Lipinski definition) is 4. The highest BCUT2D eigenvalue weighted by molar-refractivity contribution is 5.94. The summed E-state index contributed by atoms with van der Waals surface area (Å²) in [6.07, 6.45) is 4.72. The number of amides is 2. The third-order valence-corrected chi connectivity index (χ3v) is 4.22. The van der Waals surface area contributed by atoms with Crippen LogP contribution in [-0.4, -0.2) is 39.6 Å². The lowest BCUT2D eigenvalue weighted by Crippen LogP contribution is -2.43. The van der Waals surface area contributed by atoms with Gasteiger partial charge in [0.05, 0.1) is 18.4 Å². The van der Waals surface area contributed by atoms with Crippen LogP contribution < -0.4 is 5.32 Å². The van der Waals surface area contributed by atoms with Crippen molar-refractivity contribution >= 4 is 17.6 Å². The van der Waals surface area contributed by atoms with Crippen molar-refractivity contribution in [3.63, 3.8) is 0 Å². The Bertz CT molecular complexity index is 705. The number of nitrogens with zero attached hydrogens (tertiary/aromatic N) is 3. The Morgan fingerprint density at radius 3 is 2.92 bits per heavy atom. The van der Waals surface area contributed by atoms with Gasteiger partial charge in [-0.05, 0) is 38.8 Å². The van der Waals surface area contributed by atoms with Gasteiger partial charge < -0.3 is 14.6 Å². The summed E-state index contributed by atoms with van der Waals surface area (Å²) in [5, 5.41) is 7.15. The van der Waals surface area contributed by atoms with E-state index in [0.717, 1.165) is 12.8 Å². The monoisotopic (exact) mass is 330 g/mol. The van der Waals surface area contributed by atoms with Crippen molar-refractivity contribution < 1.29 is 14.0 Å². The number of anilines is 1. The summed E-state index contributed by atoms with van der Waals surface area (Å²) >= 11 is 0. The molecule has 0 spiro atoms. The summed E-state index contributed by atoms with van der Waals surface area (Å²) in [5.74, 6) is 0.533. The molecule has 2 aromatic rings. The molecule has 1 aliphatic rings. The quantitative estimate of drug-likeness (QED) is 0.934. The van der Waals surface area contributed by atoms with Gasteiger partial charge in [-0.3, -0.25) is 9.59 Å². The first kappa shape index (κ1) is 16.3. The maximum absolute atomic E-state index is 12.6. The van der Waals surface area contributed by atoms with Gasteiger partial charge in [0.15, 0.2) is 5.76 Å². The van der Waals surface area contributed by atoms with E-state index >= 15 is 0 Å². The molecule has 0 aromatic carbocycles. The minimum absolute atomic E-state index is 0.0747. The molecule has 1 N–H and O–H groups in total. The van der Waals surface area contributed by atoms with Crippen LogP contribution in [0, 0.1) is 5.92 Å². The molecule has 24 heavy (non-hydrogen) atoms. The Kier molecular flexibility index (Phi) is 4.69.